The molecule has 13 heavy (non-hydrogen) atoms. The molecule has 0 N–H and O–H groups in total. The zero-order valence-corrected chi connectivity index (χ0v) is 7.83. The van der Waals surface area contributed by atoms with Crippen LogP contribution in [0.1, 0.15) is 5.56 Å². The van der Waals surface area contributed by atoms with Gasteiger partial charge in [0.25, 0.3) is 0 Å². The van der Waals surface area contributed by atoms with Gasteiger partial charge in [-0.15, -0.1) is 0 Å². The first-order chi connectivity index (χ1) is 6.40. The fraction of sp³-hybridized carbons (Fsp3) is 0.222. The van der Waals surface area contributed by atoms with E-state index in [1.165, 1.54) is 0 Å². The van der Waals surface area contributed by atoms with Crippen LogP contribution in [0.3, 0.4) is 0 Å². The van der Waals surface area contributed by atoms with Crippen molar-refractivity contribution in [3.8, 4) is 6.07 Å². The summed E-state index contributed by atoms with van der Waals surface area (Å²) in [6, 6.07) is 9.40. The Labute approximate surface area is 77.8 Å². The Balaban J connectivity index is 2.18. The summed E-state index contributed by atoms with van der Waals surface area (Å²) in [5, 5.41) is 9.62. The Morgan fingerprint density at radius 2 is 1.77 bits per heavy atom. The number of benzene rings is 1. The van der Waals surface area contributed by atoms with Gasteiger partial charge < -0.3 is 9.05 Å². The molecular formula is C9H8NO2P. The highest BCUT2D eigenvalue weighted by atomic mass is 31.2. The van der Waals surface area contributed by atoms with Crippen molar-refractivity contribution in [2.45, 2.75) is 0 Å². The molecule has 2 rings (SSSR count). The zero-order chi connectivity index (χ0) is 9.10. The fourth-order valence-corrected chi connectivity index (χ4v) is 2.33. The highest BCUT2D eigenvalue weighted by Gasteiger charge is 2.18. The van der Waals surface area contributed by atoms with Gasteiger partial charge in [0.05, 0.1) is 24.8 Å². The van der Waals surface area contributed by atoms with Gasteiger partial charge in [-0.25, -0.2) is 0 Å². The van der Waals surface area contributed by atoms with Gasteiger partial charge in [-0.2, -0.15) is 5.26 Å². The first kappa shape index (κ1) is 8.65. The Kier molecular flexibility index (Phi) is 2.56. The molecule has 1 saturated heterocycles. The summed E-state index contributed by atoms with van der Waals surface area (Å²) in [6.07, 6.45) is 0. The molecule has 0 bridgehead atoms. The summed E-state index contributed by atoms with van der Waals surface area (Å²) in [5.41, 5.74) is 0.665. The van der Waals surface area contributed by atoms with Crippen molar-refractivity contribution >= 4 is 13.7 Å². The number of hydrogen-bond acceptors (Lipinski definition) is 3. The van der Waals surface area contributed by atoms with E-state index in [4.69, 9.17) is 14.3 Å². The minimum Gasteiger partial charge on any atom is -0.328 e. The molecule has 0 radical (unpaired) electrons. The molecule has 0 aromatic heterocycles. The predicted octanol–water partition coefficient (Wildman–Crippen LogP) is 1.54. The molecule has 1 fully saturated rings. The maximum Gasteiger partial charge on any atom is 0.205 e. The van der Waals surface area contributed by atoms with E-state index in [1.807, 2.05) is 12.1 Å². The van der Waals surface area contributed by atoms with Crippen LogP contribution in [-0.2, 0) is 9.05 Å². The van der Waals surface area contributed by atoms with Crippen LogP contribution in [0.15, 0.2) is 24.3 Å². The fourth-order valence-electron chi connectivity index (χ4n) is 1.08. The van der Waals surface area contributed by atoms with Crippen LogP contribution in [0, 0.1) is 11.3 Å². The third-order valence-electron chi connectivity index (χ3n) is 1.71. The van der Waals surface area contributed by atoms with E-state index in [9.17, 15) is 0 Å². The third-order valence-corrected chi connectivity index (χ3v) is 3.26. The molecule has 0 spiro atoms. The summed E-state index contributed by atoms with van der Waals surface area (Å²) in [6.45, 7) is 1.34. The average Bonchev–Trinajstić information content (AvgIpc) is 2.71. The van der Waals surface area contributed by atoms with Crippen molar-refractivity contribution in [1.82, 2.24) is 0 Å². The molecule has 0 amide bonds. The minimum atomic E-state index is -0.867. The summed E-state index contributed by atoms with van der Waals surface area (Å²) in [7, 11) is -0.867. The molecule has 1 aromatic carbocycles. The molecule has 66 valence electrons. The molecular weight excluding hydrogens is 185 g/mol. The number of hydrogen-bond donors (Lipinski definition) is 0. The van der Waals surface area contributed by atoms with Crippen molar-refractivity contribution in [1.29, 1.82) is 5.26 Å². The Hall–Kier alpha value is -0.940. The van der Waals surface area contributed by atoms with Crippen LogP contribution in [-0.4, -0.2) is 13.2 Å². The lowest BCUT2D eigenvalue weighted by Gasteiger charge is -2.06. The smallest absolute Gasteiger partial charge is 0.205 e. The minimum absolute atomic E-state index is 0.665. The van der Waals surface area contributed by atoms with Gasteiger partial charge >= 0.3 is 0 Å². The SMILES string of the molecule is N#Cc1ccc(P2OCCO2)cc1. The number of nitrogens with zero attached hydrogens (tertiary/aromatic N) is 1. The van der Waals surface area contributed by atoms with Crippen molar-refractivity contribution in [3.63, 3.8) is 0 Å². The van der Waals surface area contributed by atoms with Crippen molar-refractivity contribution in [3.05, 3.63) is 29.8 Å². The van der Waals surface area contributed by atoms with Crippen LogP contribution in [0.2, 0.25) is 0 Å². The second-order valence-electron chi connectivity index (χ2n) is 2.58. The van der Waals surface area contributed by atoms with Gasteiger partial charge in [0.15, 0.2) is 0 Å². The van der Waals surface area contributed by atoms with Gasteiger partial charge in [0.1, 0.15) is 0 Å². The molecule has 0 aliphatic carbocycles. The topological polar surface area (TPSA) is 42.2 Å². The van der Waals surface area contributed by atoms with E-state index in [0.29, 0.717) is 18.8 Å². The van der Waals surface area contributed by atoms with E-state index in [0.717, 1.165) is 5.30 Å². The summed E-state index contributed by atoms with van der Waals surface area (Å²) >= 11 is 0. The van der Waals surface area contributed by atoms with Gasteiger partial charge in [-0.05, 0) is 24.3 Å². The molecule has 1 heterocycles. The molecule has 0 atom stereocenters. The molecule has 0 unspecified atom stereocenters. The lowest BCUT2D eigenvalue weighted by atomic mass is 10.2. The molecule has 0 saturated carbocycles. The predicted molar refractivity (Wildman–Crippen MR) is 49.6 cm³/mol. The van der Waals surface area contributed by atoms with Crippen LogP contribution in [0.4, 0.5) is 0 Å². The normalized spacial score (nSPS) is 17.2. The first-order valence-corrected chi connectivity index (χ1v) is 5.14. The molecule has 3 nitrogen and oxygen atoms in total. The van der Waals surface area contributed by atoms with Crippen LogP contribution in [0.5, 0.6) is 0 Å². The van der Waals surface area contributed by atoms with Crippen LogP contribution >= 0.6 is 8.38 Å². The van der Waals surface area contributed by atoms with Gasteiger partial charge in [0.2, 0.25) is 8.38 Å². The molecule has 4 heteroatoms. The van der Waals surface area contributed by atoms with Crippen LogP contribution in [0.25, 0.3) is 0 Å². The quantitative estimate of drug-likeness (QED) is 0.635. The second kappa shape index (κ2) is 3.85. The lowest BCUT2D eigenvalue weighted by molar-refractivity contribution is 0.365. The van der Waals surface area contributed by atoms with Crippen LogP contribution < -0.4 is 5.30 Å². The van der Waals surface area contributed by atoms with E-state index in [2.05, 4.69) is 6.07 Å². The Morgan fingerprint density at radius 1 is 1.15 bits per heavy atom. The molecule has 1 aliphatic heterocycles. The summed E-state index contributed by atoms with van der Waals surface area (Å²) in [4.78, 5) is 0. The maximum absolute atomic E-state index is 8.59. The standard InChI is InChI=1S/C9H8NO2P/c10-7-8-1-3-9(4-2-8)13-11-5-6-12-13/h1-4H,5-6H2. The first-order valence-electron chi connectivity index (χ1n) is 3.96. The zero-order valence-electron chi connectivity index (χ0n) is 6.93. The highest BCUT2D eigenvalue weighted by molar-refractivity contribution is 7.56. The number of nitriles is 1. The molecule has 1 aliphatic rings. The monoisotopic (exact) mass is 193 g/mol. The van der Waals surface area contributed by atoms with Gasteiger partial charge in [-0.3, -0.25) is 0 Å². The van der Waals surface area contributed by atoms with Crippen molar-refractivity contribution in [2.75, 3.05) is 13.2 Å². The lowest BCUT2D eigenvalue weighted by Crippen LogP contribution is -1.99. The van der Waals surface area contributed by atoms with E-state index in [-0.39, 0.29) is 0 Å². The Bertz CT molecular complexity index is 324. The molecule has 1 aromatic rings. The summed E-state index contributed by atoms with van der Waals surface area (Å²) < 4.78 is 10.7. The summed E-state index contributed by atoms with van der Waals surface area (Å²) in [5.74, 6) is 0. The second-order valence-corrected chi connectivity index (χ2v) is 4.13. The average molecular weight is 193 g/mol. The van der Waals surface area contributed by atoms with Gasteiger partial charge in [-0.1, -0.05) is 0 Å². The third kappa shape index (κ3) is 1.87. The maximum atomic E-state index is 8.59. The highest BCUT2D eigenvalue weighted by Crippen LogP contribution is 2.40. The van der Waals surface area contributed by atoms with E-state index in [1.54, 1.807) is 12.1 Å². The van der Waals surface area contributed by atoms with Gasteiger partial charge in [0, 0.05) is 5.30 Å². The Morgan fingerprint density at radius 3 is 2.31 bits per heavy atom. The largest absolute Gasteiger partial charge is 0.328 e. The van der Waals surface area contributed by atoms with E-state index >= 15 is 0 Å². The number of rotatable bonds is 1. The van der Waals surface area contributed by atoms with Crippen molar-refractivity contribution < 1.29 is 9.05 Å². The van der Waals surface area contributed by atoms with Crippen molar-refractivity contribution in [2.24, 2.45) is 0 Å². The van der Waals surface area contributed by atoms with E-state index < -0.39 is 8.38 Å².